The lowest BCUT2D eigenvalue weighted by atomic mass is 10.0. The first-order chi connectivity index (χ1) is 9.01. The van der Waals surface area contributed by atoms with Crippen LogP contribution >= 0.6 is 11.6 Å². The number of hydrogen-bond acceptors (Lipinski definition) is 3. The molecule has 2 unspecified atom stereocenters. The Balaban J connectivity index is 2.12. The number of alkyl halides is 1. The smallest absolute Gasteiger partial charge is 0.222 e. The van der Waals surface area contributed by atoms with E-state index in [0.29, 0.717) is 19.0 Å². The molecule has 2 atom stereocenters. The lowest BCUT2D eigenvalue weighted by Gasteiger charge is -2.18. The maximum atomic E-state index is 13.8. The van der Waals surface area contributed by atoms with Gasteiger partial charge in [0.15, 0.2) is 0 Å². The van der Waals surface area contributed by atoms with Gasteiger partial charge in [0.1, 0.15) is 6.17 Å². The first-order valence-corrected chi connectivity index (χ1v) is 7.26. The fourth-order valence-electron chi connectivity index (χ4n) is 2.69. The highest BCUT2D eigenvalue weighted by Gasteiger charge is 2.31. The van der Waals surface area contributed by atoms with Crippen LogP contribution in [0.3, 0.4) is 0 Å². The van der Waals surface area contributed by atoms with Gasteiger partial charge in [0.25, 0.3) is 0 Å². The Labute approximate surface area is 119 Å². The second kappa shape index (κ2) is 6.14. The highest BCUT2D eigenvalue weighted by atomic mass is 35.5. The predicted octanol–water partition coefficient (Wildman–Crippen LogP) is 3.43. The molecule has 1 aliphatic rings. The summed E-state index contributed by atoms with van der Waals surface area (Å²) in [6.45, 7) is 8.25. The lowest BCUT2D eigenvalue weighted by Crippen LogP contribution is -2.22. The number of nitrogens with zero attached hydrogens (tertiary/aromatic N) is 3. The van der Waals surface area contributed by atoms with Crippen molar-refractivity contribution in [3.63, 3.8) is 0 Å². The lowest BCUT2D eigenvalue weighted by molar-refractivity contribution is 0.266. The molecule has 1 aromatic heterocycles. The molecule has 2 rings (SSSR count). The Kier molecular flexibility index (Phi) is 4.74. The molecule has 1 aliphatic heterocycles. The first kappa shape index (κ1) is 14.7. The summed E-state index contributed by atoms with van der Waals surface area (Å²) >= 11 is 5.85. The van der Waals surface area contributed by atoms with Crippen LogP contribution in [0, 0.1) is 5.92 Å². The molecular formula is C14H21ClFN3. The summed E-state index contributed by atoms with van der Waals surface area (Å²) in [6, 6.07) is 0. The molecule has 5 heteroatoms. The van der Waals surface area contributed by atoms with Gasteiger partial charge in [0.05, 0.1) is 5.69 Å². The van der Waals surface area contributed by atoms with Crippen molar-refractivity contribution in [2.24, 2.45) is 5.92 Å². The summed E-state index contributed by atoms with van der Waals surface area (Å²) in [6.07, 6.45) is 1.96. The van der Waals surface area contributed by atoms with Gasteiger partial charge in [-0.15, -0.1) is 0 Å². The quantitative estimate of drug-likeness (QED) is 0.794. The van der Waals surface area contributed by atoms with Gasteiger partial charge in [-0.25, -0.2) is 14.4 Å². The molecule has 0 spiro atoms. The van der Waals surface area contributed by atoms with Gasteiger partial charge < -0.3 is 0 Å². The fourth-order valence-corrected chi connectivity index (χ4v) is 2.83. The Morgan fingerprint density at radius 1 is 1.47 bits per heavy atom. The van der Waals surface area contributed by atoms with Crippen LogP contribution < -0.4 is 0 Å². The highest BCUT2D eigenvalue weighted by Crippen LogP contribution is 2.26. The second-order valence-corrected chi connectivity index (χ2v) is 5.92. The van der Waals surface area contributed by atoms with E-state index in [1.807, 2.05) is 6.92 Å². The molecule has 0 saturated carbocycles. The van der Waals surface area contributed by atoms with E-state index < -0.39 is 6.17 Å². The first-order valence-electron chi connectivity index (χ1n) is 6.89. The number of rotatable bonds is 4. The van der Waals surface area contributed by atoms with Crippen molar-refractivity contribution in [2.45, 2.75) is 45.8 Å². The zero-order valence-electron chi connectivity index (χ0n) is 11.7. The van der Waals surface area contributed by atoms with Crippen molar-refractivity contribution in [2.75, 3.05) is 13.1 Å². The summed E-state index contributed by atoms with van der Waals surface area (Å²) in [7, 11) is 0. The summed E-state index contributed by atoms with van der Waals surface area (Å²) in [5.41, 5.74) is 2.03. The summed E-state index contributed by atoms with van der Waals surface area (Å²) < 4.78 is 13.8. The van der Waals surface area contributed by atoms with E-state index in [-0.39, 0.29) is 11.2 Å². The average molecular weight is 286 g/mol. The maximum absolute atomic E-state index is 13.8. The summed E-state index contributed by atoms with van der Waals surface area (Å²) in [4.78, 5) is 10.5. The number of halogens is 2. The van der Waals surface area contributed by atoms with E-state index in [0.717, 1.165) is 24.2 Å². The van der Waals surface area contributed by atoms with Gasteiger partial charge in [0, 0.05) is 37.3 Å². The van der Waals surface area contributed by atoms with Gasteiger partial charge >= 0.3 is 0 Å². The van der Waals surface area contributed by atoms with Crippen LogP contribution in [0.2, 0.25) is 5.28 Å². The van der Waals surface area contributed by atoms with Crippen molar-refractivity contribution in [1.82, 2.24) is 14.9 Å². The molecule has 1 aromatic rings. The van der Waals surface area contributed by atoms with Crippen LogP contribution in [0.15, 0.2) is 6.20 Å². The average Bonchev–Trinajstić information content (AvgIpc) is 2.71. The molecule has 3 nitrogen and oxygen atoms in total. The largest absolute Gasteiger partial charge is 0.296 e. The normalized spacial score (nSPS) is 24.3. The molecule has 0 aliphatic carbocycles. The molecule has 0 radical (unpaired) electrons. The molecule has 1 fully saturated rings. The predicted molar refractivity (Wildman–Crippen MR) is 75.1 cm³/mol. The fraction of sp³-hybridized carbons (Fsp3) is 0.714. The third-order valence-corrected chi connectivity index (χ3v) is 3.95. The molecule has 19 heavy (non-hydrogen) atoms. The van der Waals surface area contributed by atoms with Crippen molar-refractivity contribution in [3.05, 3.63) is 22.7 Å². The zero-order valence-corrected chi connectivity index (χ0v) is 12.5. The third-order valence-electron chi connectivity index (χ3n) is 3.77. The SMILES string of the molecule is CCC1CN(Cc2cnc(Cl)nc2C(C)C)CC1F. The molecule has 106 valence electrons. The van der Waals surface area contributed by atoms with Crippen LogP contribution in [0.4, 0.5) is 4.39 Å². The van der Waals surface area contributed by atoms with Crippen molar-refractivity contribution in [3.8, 4) is 0 Å². The molecule has 1 saturated heterocycles. The summed E-state index contributed by atoms with van der Waals surface area (Å²) in [5.74, 6) is 0.456. The molecule has 0 aromatic carbocycles. The second-order valence-electron chi connectivity index (χ2n) is 5.58. The number of likely N-dealkylation sites (tertiary alicyclic amines) is 1. The third kappa shape index (κ3) is 3.42. The van der Waals surface area contributed by atoms with Gasteiger partial charge in [-0.05, 0) is 23.9 Å². The zero-order chi connectivity index (χ0) is 14.0. The Morgan fingerprint density at radius 2 is 2.21 bits per heavy atom. The molecular weight excluding hydrogens is 265 g/mol. The summed E-state index contributed by atoms with van der Waals surface area (Å²) in [5, 5.41) is 0.281. The number of aromatic nitrogens is 2. The van der Waals surface area contributed by atoms with Gasteiger partial charge in [-0.1, -0.05) is 20.8 Å². The minimum atomic E-state index is -0.708. The van der Waals surface area contributed by atoms with Crippen LogP contribution in [0.1, 0.15) is 44.4 Å². The van der Waals surface area contributed by atoms with Gasteiger partial charge in [-0.2, -0.15) is 0 Å². The minimum absolute atomic E-state index is 0.163. The van der Waals surface area contributed by atoms with Crippen molar-refractivity contribution in [1.29, 1.82) is 0 Å². The molecule has 0 amide bonds. The van der Waals surface area contributed by atoms with Crippen LogP contribution in [0.5, 0.6) is 0 Å². The van der Waals surface area contributed by atoms with E-state index >= 15 is 0 Å². The minimum Gasteiger partial charge on any atom is -0.296 e. The Hall–Kier alpha value is -0.740. The van der Waals surface area contributed by atoms with Gasteiger partial charge in [-0.3, -0.25) is 4.90 Å². The van der Waals surface area contributed by atoms with E-state index in [2.05, 4.69) is 28.7 Å². The van der Waals surface area contributed by atoms with Crippen molar-refractivity contribution >= 4 is 11.6 Å². The van der Waals surface area contributed by atoms with Crippen LogP contribution in [-0.4, -0.2) is 34.1 Å². The Bertz CT molecular complexity index is 439. The standard InChI is InChI=1S/C14H21ClFN3/c1-4-10-6-19(8-12(10)16)7-11-5-17-14(15)18-13(11)9(2)3/h5,9-10,12H,4,6-8H2,1-3H3. The Morgan fingerprint density at radius 3 is 2.79 bits per heavy atom. The van der Waals surface area contributed by atoms with E-state index in [9.17, 15) is 4.39 Å². The van der Waals surface area contributed by atoms with Crippen molar-refractivity contribution < 1.29 is 4.39 Å². The molecule has 0 bridgehead atoms. The monoisotopic (exact) mass is 285 g/mol. The topological polar surface area (TPSA) is 29.0 Å². The van der Waals surface area contributed by atoms with E-state index in [1.165, 1.54) is 0 Å². The van der Waals surface area contributed by atoms with Gasteiger partial charge in [0.2, 0.25) is 5.28 Å². The van der Waals surface area contributed by atoms with E-state index in [1.54, 1.807) is 6.20 Å². The maximum Gasteiger partial charge on any atom is 0.222 e. The highest BCUT2D eigenvalue weighted by molar-refractivity contribution is 6.28. The molecule has 0 N–H and O–H groups in total. The van der Waals surface area contributed by atoms with Crippen LogP contribution in [-0.2, 0) is 6.54 Å². The van der Waals surface area contributed by atoms with Crippen LogP contribution in [0.25, 0.3) is 0 Å². The number of hydrogen-bond donors (Lipinski definition) is 0. The van der Waals surface area contributed by atoms with E-state index in [4.69, 9.17) is 11.6 Å². The molecule has 2 heterocycles.